The van der Waals surface area contributed by atoms with Crippen molar-refractivity contribution in [2.75, 3.05) is 25.0 Å². The summed E-state index contributed by atoms with van der Waals surface area (Å²) in [5, 5.41) is 5.64. The van der Waals surface area contributed by atoms with Gasteiger partial charge >= 0.3 is 12.1 Å². The van der Waals surface area contributed by atoms with Crippen LogP contribution in [-0.4, -0.2) is 36.7 Å². The van der Waals surface area contributed by atoms with Crippen molar-refractivity contribution >= 4 is 17.8 Å². The molecule has 3 amide bonds. The first-order valence-corrected chi connectivity index (χ1v) is 8.30. The average Bonchev–Trinajstić information content (AvgIpc) is 3.02. The Morgan fingerprint density at radius 2 is 1.80 bits per heavy atom. The Morgan fingerprint density at radius 1 is 1.04 bits per heavy atom. The monoisotopic (exact) mass is 339 g/mol. The van der Waals surface area contributed by atoms with Gasteiger partial charge in [-0.15, -0.1) is 0 Å². The van der Waals surface area contributed by atoms with Gasteiger partial charge in [0.15, 0.2) is 0 Å². The van der Waals surface area contributed by atoms with E-state index in [0.717, 1.165) is 12.0 Å². The van der Waals surface area contributed by atoms with Crippen molar-refractivity contribution in [2.24, 2.45) is 0 Å². The number of ether oxygens (including phenoxy) is 1. The van der Waals surface area contributed by atoms with Crippen LogP contribution in [0.15, 0.2) is 54.6 Å². The van der Waals surface area contributed by atoms with E-state index in [2.05, 4.69) is 10.6 Å². The molecule has 0 bridgehead atoms. The van der Waals surface area contributed by atoms with Crippen LogP contribution in [0.4, 0.5) is 15.3 Å². The van der Waals surface area contributed by atoms with Gasteiger partial charge in [0.25, 0.3) is 0 Å². The Balaban J connectivity index is 1.43. The molecule has 0 aromatic heterocycles. The second-order valence-electron chi connectivity index (χ2n) is 5.85. The Hall–Kier alpha value is -3.02. The van der Waals surface area contributed by atoms with Crippen LogP contribution in [0.25, 0.3) is 0 Å². The smallest absolute Gasteiger partial charge is 0.410 e. The van der Waals surface area contributed by atoms with Gasteiger partial charge in [0.05, 0.1) is 6.54 Å². The first-order chi connectivity index (χ1) is 12.2. The number of urea groups is 1. The van der Waals surface area contributed by atoms with Crippen LogP contribution in [0.2, 0.25) is 0 Å². The van der Waals surface area contributed by atoms with Crippen molar-refractivity contribution in [1.29, 1.82) is 0 Å². The number of cyclic esters (lactones) is 1. The third kappa shape index (κ3) is 4.97. The van der Waals surface area contributed by atoms with Crippen LogP contribution < -0.4 is 10.6 Å². The average molecular weight is 339 g/mol. The molecule has 1 aliphatic rings. The number of rotatable bonds is 6. The van der Waals surface area contributed by atoms with Gasteiger partial charge < -0.3 is 20.3 Å². The third-order valence-corrected chi connectivity index (χ3v) is 3.97. The van der Waals surface area contributed by atoms with Crippen LogP contribution in [0.5, 0.6) is 0 Å². The number of carbonyl (C=O) groups is 2. The van der Waals surface area contributed by atoms with Crippen molar-refractivity contribution in [3.05, 3.63) is 65.7 Å². The lowest BCUT2D eigenvalue weighted by Gasteiger charge is -2.13. The highest BCUT2D eigenvalue weighted by molar-refractivity contribution is 5.89. The maximum absolute atomic E-state index is 11.9. The number of nitrogens with one attached hydrogen (secondary N) is 2. The number of amides is 3. The van der Waals surface area contributed by atoms with Gasteiger partial charge in [-0.1, -0.05) is 42.5 Å². The van der Waals surface area contributed by atoms with Crippen LogP contribution in [0.3, 0.4) is 0 Å². The number of nitrogens with zero attached hydrogens (tertiary/aromatic N) is 1. The zero-order chi connectivity index (χ0) is 17.5. The van der Waals surface area contributed by atoms with Crippen LogP contribution in [0, 0.1) is 0 Å². The molecule has 1 fully saturated rings. The minimum atomic E-state index is -0.278. The standard InChI is InChI=1S/C19H21N3O3/c23-18(20-11-10-15-4-2-1-3-5-15)21-17-8-6-16(7-9-17)14-22-12-13-25-19(22)24/h1-9H,10-14H2,(H2,20,21,23). The molecule has 0 unspecified atom stereocenters. The quantitative estimate of drug-likeness (QED) is 0.850. The van der Waals surface area contributed by atoms with Crippen molar-refractivity contribution < 1.29 is 14.3 Å². The molecule has 1 aliphatic heterocycles. The summed E-state index contributed by atoms with van der Waals surface area (Å²) in [4.78, 5) is 25.0. The number of anilines is 1. The third-order valence-electron chi connectivity index (χ3n) is 3.97. The molecule has 6 heteroatoms. The molecular weight excluding hydrogens is 318 g/mol. The van der Waals surface area contributed by atoms with E-state index >= 15 is 0 Å². The highest BCUT2D eigenvalue weighted by Crippen LogP contribution is 2.14. The molecule has 130 valence electrons. The maximum Gasteiger partial charge on any atom is 0.410 e. The molecule has 0 spiro atoms. The molecule has 3 rings (SSSR count). The normalized spacial score (nSPS) is 13.4. The van der Waals surface area contributed by atoms with Gasteiger partial charge in [-0.25, -0.2) is 9.59 Å². The Labute approximate surface area is 146 Å². The van der Waals surface area contributed by atoms with Crippen LogP contribution in [-0.2, 0) is 17.7 Å². The summed E-state index contributed by atoms with van der Waals surface area (Å²) in [6, 6.07) is 17.2. The summed E-state index contributed by atoms with van der Waals surface area (Å²) >= 11 is 0. The molecule has 1 heterocycles. The molecule has 0 aliphatic carbocycles. The van der Waals surface area contributed by atoms with E-state index in [9.17, 15) is 9.59 Å². The summed E-state index contributed by atoms with van der Waals surface area (Å²) < 4.78 is 4.91. The van der Waals surface area contributed by atoms with E-state index in [-0.39, 0.29) is 12.1 Å². The van der Waals surface area contributed by atoms with Crippen molar-refractivity contribution in [1.82, 2.24) is 10.2 Å². The van der Waals surface area contributed by atoms with E-state index in [1.54, 1.807) is 4.90 Å². The topological polar surface area (TPSA) is 70.7 Å². The lowest BCUT2D eigenvalue weighted by molar-refractivity contribution is 0.157. The first-order valence-electron chi connectivity index (χ1n) is 8.30. The predicted molar refractivity (Wildman–Crippen MR) is 95.4 cm³/mol. The molecule has 25 heavy (non-hydrogen) atoms. The summed E-state index contributed by atoms with van der Waals surface area (Å²) in [6.07, 6.45) is 0.513. The number of carbonyl (C=O) groups excluding carboxylic acids is 2. The van der Waals surface area contributed by atoms with Crippen molar-refractivity contribution in [2.45, 2.75) is 13.0 Å². The van der Waals surface area contributed by atoms with E-state index in [1.165, 1.54) is 5.56 Å². The second-order valence-corrected chi connectivity index (χ2v) is 5.85. The second kappa shape index (κ2) is 8.19. The number of hydrogen-bond acceptors (Lipinski definition) is 3. The summed E-state index contributed by atoms with van der Waals surface area (Å²) in [5.74, 6) is 0. The van der Waals surface area contributed by atoms with Gasteiger partial charge in [-0.05, 0) is 29.7 Å². The Bertz CT molecular complexity index is 716. The van der Waals surface area contributed by atoms with Gasteiger partial charge in [-0.3, -0.25) is 0 Å². The van der Waals surface area contributed by atoms with E-state index in [1.807, 2.05) is 54.6 Å². The minimum absolute atomic E-state index is 0.230. The molecule has 6 nitrogen and oxygen atoms in total. The zero-order valence-corrected chi connectivity index (χ0v) is 13.9. The molecule has 0 saturated carbocycles. The van der Waals surface area contributed by atoms with Gasteiger partial charge in [0.1, 0.15) is 6.61 Å². The fourth-order valence-corrected chi connectivity index (χ4v) is 2.62. The fourth-order valence-electron chi connectivity index (χ4n) is 2.62. The summed E-state index contributed by atoms with van der Waals surface area (Å²) in [5.41, 5.74) is 2.89. The highest BCUT2D eigenvalue weighted by Gasteiger charge is 2.21. The zero-order valence-electron chi connectivity index (χ0n) is 13.9. The van der Waals surface area contributed by atoms with Gasteiger partial charge in [-0.2, -0.15) is 0 Å². The molecule has 0 radical (unpaired) electrons. The lowest BCUT2D eigenvalue weighted by atomic mass is 10.1. The number of benzene rings is 2. The summed E-state index contributed by atoms with van der Waals surface area (Å²) in [6.45, 7) is 2.15. The lowest BCUT2D eigenvalue weighted by Crippen LogP contribution is -2.30. The van der Waals surface area contributed by atoms with Crippen molar-refractivity contribution in [3.63, 3.8) is 0 Å². The fraction of sp³-hybridized carbons (Fsp3) is 0.263. The van der Waals surface area contributed by atoms with Gasteiger partial charge in [0.2, 0.25) is 0 Å². The molecule has 1 saturated heterocycles. The Kier molecular flexibility index (Phi) is 5.51. The van der Waals surface area contributed by atoms with Crippen LogP contribution in [0.1, 0.15) is 11.1 Å². The van der Waals surface area contributed by atoms with E-state index in [4.69, 9.17) is 4.74 Å². The molecule has 2 N–H and O–H groups in total. The maximum atomic E-state index is 11.9. The largest absolute Gasteiger partial charge is 0.448 e. The first kappa shape index (κ1) is 16.8. The molecular formula is C19H21N3O3. The molecule has 0 atom stereocenters. The van der Waals surface area contributed by atoms with Crippen LogP contribution >= 0.6 is 0 Å². The SMILES string of the molecule is O=C(NCCc1ccccc1)Nc1ccc(CN2CCOC2=O)cc1. The highest BCUT2D eigenvalue weighted by atomic mass is 16.6. The minimum Gasteiger partial charge on any atom is -0.448 e. The molecule has 2 aromatic carbocycles. The number of hydrogen-bond donors (Lipinski definition) is 2. The molecule has 2 aromatic rings. The van der Waals surface area contributed by atoms with E-state index < -0.39 is 0 Å². The summed E-state index contributed by atoms with van der Waals surface area (Å²) in [7, 11) is 0. The predicted octanol–water partition coefficient (Wildman–Crippen LogP) is 3.00. The van der Waals surface area contributed by atoms with Crippen molar-refractivity contribution in [3.8, 4) is 0 Å². The van der Waals surface area contributed by atoms with Gasteiger partial charge in [0, 0.05) is 18.8 Å². The van der Waals surface area contributed by atoms with E-state index in [0.29, 0.717) is 31.9 Å². The Morgan fingerprint density at radius 3 is 2.48 bits per heavy atom.